The SMILES string of the molecule is NNC(=S)Nc1ccccc1C1CCCC1. The molecule has 3 nitrogen and oxygen atoms in total. The van der Waals surface area contributed by atoms with Gasteiger partial charge in [-0.05, 0) is 42.6 Å². The van der Waals surface area contributed by atoms with Crippen molar-refractivity contribution in [3.8, 4) is 0 Å². The minimum absolute atomic E-state index is 0.463. The molecule has 0 aromatic heterocycles. The van der Waals surface area contributed by atoms with Gasteiger partial charge in [-0.1, -0.05) is 31.0 Å². The fourth-order valence-corrected chi connectivity index (χ4v) is 2.47. The van der Waals surface area contributed by atoms with E-state index in [1.54, 1.807) is 0 Å². The lowest BCUT2D eigenvalue weighted by molar-refractivity contribution is 0.725. The van der Waals surface area contributed by atoms with Crippen molar-refractivity contribution in [2.75, 3.05) is 5.32 Å². The predicted molar refractivity (Wildman–Crippen MR) is 71.2 cm³/mol. The fraction of sp³-hybridized carbons (Fsp3) is 0.417. The van der Waals surface area contributed by atoms with Crippen molar-refractivity contribution in [1.29, 1.82) is 0 Å². The second-order valence-corrected chi connectivity index (χ2v) is 4.58. The maximum Gasteiger partial charge on any atom is 0.185 e. The zero-order valence-electron chi connectivity index (χ0n) is 9.20. The van der Waals surface area contributed by atoms with Gasteiger partial charge >= 0.3 is 0 Å². The third kappa shape index (κ3) is 2.51. The van der Waals surface area contributed by atoms with Gasteiger partial charge in [0.15, 0.2) is 5.11 Å². The lowest BCUT2D eigenvalue weighted by Gasteiger charge is -2.16. The number of hydrogen-bond acceptors (Lipinski definition) is 2. The number of hydrogen-bond donors (Lipinski definition) is 3. The van der Waals surface area contributed by atoms with E-state index in [1.807, 2.05) is 6.07 Å². The number of hydrazine groups is 1. The molecule has 0 atom stereocenters. The van der Waals surface area contributed by atoms with Crippen LogP contribution in [0.1, 0.15) is 37.2 Å². The number of thiocarbonyl (C=S) groups is 1. The number of para-hydroxylation sites is 1. The van der Waals surface area contributed by atoms with Crippen molar-refractivity contribution in [1.82, 2.24) is 5.43 Å². The van der Waals surface area contributed by atoms with Gasteiger partial charge in [0.2, 0.25) is 0 Å². The Bertz CT molecular complexity index is 372. The fourth-order valence-electron chi connectivity index (χ4n) is 2.36. The lowest BCUT2D eigenvalue weighted by atomic mass is 9.96. The summed E-state index contributed by atoms with van der Waals surface area (Å²) in [6.45, 7) is 0. The first kappa shape index (κ1) is 11.4. The average molecular weight is 235 g/mol. The highest BCUT2D eigenvalue weighted by Gasteiger charge is 2.19. The molecule has 0 radical (unpaired) electrons. The van der Waals surface area contributed by atoms with Gasteiger partial charge in [0.25, 0.3) is 0 Å². The standard InChI is InChI=1S/C12H17N3S/c13-15-12(16)14-11-8-4-3-7-10(11)9-5-1-2-6-9/h3-4,7-9H,1-2,5-6,13H2,(H2,14,15,16). The van der Waals surface area contributed by atoms with Crippen LogP contribution in [0, 0.1) is 0 Å². The zero-order chi connectivity index (χ0) is 11.4. The first-order valence-electron chi connectivity index (χ1n) is 5.68. The molecular formula is C12H17N3S. The molecule has 16 heavy (non-hydrogen) atoms. The van der Waals surface area contributed by atoms with Crippen LogP contribution in [-0.4, -0.2) is 5.11 Å². The summed E-state index contributed by atoms with van der Waals surface area (Å²) < 4.78 is 0. The molecular weight excluding hydrogens is 218 g/mol. The number of benzene rings is 1. The molecule has 1 aliphatic carbocycles. The smallest absolute Gasteiger partial charge is 0.185 e. The predicted octanol–water partition coefficient (Wildman–Crippen LogP) is 2.50. The van der Waals surface area contributed by atoms with Gasteiger partial charge in [0.1, 0.15) is 0 Å². The van der Waals surface area contributed by atoms with Crippen molar-refractivity contribution in [2.45, 2.75) is 31.6 Å². The summed E-state index contributed by atoms with van der Waals surface area (Å²) in [5, 5.41) is 3.60. The molecule has 0 aliphatic heterocycles. The Kier molecular flexibility index (Phi) is 3.74. The molecule has 0 heterocycles. The Morgan fingerprint density at radius 2 is 1.94 bits per heavy atom. The quantitative estimate of drug-likeness (QED) is 0.419. The Morgan fingerprint density at radius 1 is 1.25 bits per heavy atom. The van der Waals surface area contributed by atoms with E-state index in [1.165, 1.54) is 31.2 Å². The van der Waals surface area contributed by atoms with Crippen LogP contribution in [0.4, 0.5) is 5.69 Å². The van der Waals surface area contributed by atoms with Crippen LogP contribution in [-0.2, 0) is 0 Å². The van der Waals surface area contributed by atoms with Gasteiger partial charge in [0.05, 0.1) is 0 Å². The molecule has 1 aromatic carbocycles. The number of nitrogens with two attached hydrogens (primary N) is 1. The van der Waals surface area contributed by atoms with E-state index in [0.29, 0.717) is 11.0 Å². The highest BCUT2D eigenvalue weighted by Crippen LogP contribution is 2.37. The molecule has 0 spiro atoms. The maximum atomic E-state index is 5.27. The zero-order valence-corrected chi connectivity index (χ0v) is 10.0. The normalized spacial score (nSPS) is 16.1. The van der Waals surface area contributed by atoms with E-state index in [4.69, 9.17) is 18.1 Å². The summed E-state index contributed by atoms with van der Waals surface area (Å²) in [6, 6.07) is 8.33. The van der Waals surface area contributed by atoms with Gasteiger partial charge < -0.3 is 10.7 Å². The van der Waals surface area contributed by atoms with Gasteiger partial charge in [-0.15, -0.1) is 0 Å². The first-order valence-corrected chi connectivity index (χ1v) is 6.08. The third-order valence-corrected chi connectivity index (χ3v) is 3.35. The summed E-state index contributed by atoms with van der Waals surface area (Å²) in [5.74, 6) is 5.94. The van der Waals surface area contributed by atoms with Gasteiger partial charge in [-0.25, -0.2) is 5.84 Å². The van der Waals surface area contributed by atoms with Crippen LogP contribution in [0.25, 0.3) is 0 Å². The van der Waals surface area contributed by atoms with Crippen molar-refractivity contribution in [3.63, 3.8) is 0 Å². The molecule has 1 aliphatic rings. The van der Waals surface area contributed by atoms with Crippen molar-refractivity contribution in [3.05, 3.63) is 29.8 Å². The van der Waals surface area contributed by atoms with Gasteiger partial charge in [0, 0.05) is 5.69 Å². The molecule has 1 aromatic rings. The summed E-state index contributed by atoms with van der Waals surface area (Å²) in [4.78, 5) is 0. The summed E-state index contributed by atoms with van der Waals surface area (Å²) >= 11 is 5.02. The second-order valence-electron chi connectivity index (χ2n) is 4.17. The van der Waals surface area contributed by atoms with E-state index in [2.05, 4.69) is 28.9 Å². The molecule has 86 valence electrons. The molecule has 0 bridgehead atoms. The Hall–Kier alpha value is -1.13. The topological polar surface area (TPSA) is 50.1 Å². The molecule has 0 unspecified atom stereocenters. The van der Waals surface area contributed by atoms with Crippen LogP contribution >= 0.6 is 12.2 Å². The average Bonchev–Trinajstić information content (AvgIpc) is 2.83. The first-order chi connectivity index (χ1) is 7.81. The van der Waals surface area contributed by atoms with Crippen LogP contribution in [0.5, 0.6) is 0 Å². The Balaban J connectivity index is 2.19. The van der Waals surface area contributed by atoms with Gasteiger partial charge in [-0.3, -0.25) is 0 Å². The molecule has 2 rings (SSSR count). The maximum absolute atomic E-state index is 5.27. The summed E-state index contributed by atoms with van der Waals surface area (Å²) in [5.41, 5.74) is 4.89. The van der Waals surface area contributed by atoms with Crippen LogP contribution in [0.3, 0.4) is 0 Å². The van der Waals surface area contributed by atoms with Crippen molar-refractivity contribution >= 4 is 23.0 Å². The van der Waals surface area contributed by atoms with E-state index in [9.17, 15) is 0 Å². The van der Waals surface area contributed by atoms with E-state index in [-0.39, 0.29) is 0 Å². The number of rotatable bonds is 2. The number of anilines is 1. The van der Waals surface area contributed by atoms with Crippen molar-refractivity contribution in [2.24, 2.45) is 5.84 Å². The molecule has 4 heteroatoms. The molecule has 0 saturated heterocycles. The van der Waals surface area contributed by atoms with Crippen LogP contribution < -0.4 is 16.6 Å². The highest BCUT2D eigenvalue weighted by molar-refractivity contribution is 7.80. The van der Waals surface area contributed by atoms with Crippen LogP contribution in [0.2, 0.25) is 0 Å². The van der Waals surface area contributed by atoms with Crippen LogP contribution in [0.15, 0.2) is 24.3 Å². The minimum atomic E-state index is 0.463. The van der Waals surface area contributed by atoms with E-state index in [0.717, 1.165) is 5.69 Å². The van der Waals surface area contributed by atoms with E-state index < -0.39 is 0 Å². The van der Waals surface area contributed by atoms with Crippen molar-refractivity contribution < 1.29 is 0 Å². The molecule has 1 fully saturated rings. The Labute approximate surface area is 101 Å². The summed E-state index contributed by atoms with van der Waals surface area (Å²) in [6.07, 6.45) is 5.22. The summed E-state index contributed by atoms with van der Waals surface area (Å²) in [7, 11) is 0. The third-order valence-electron chi connectivity index (χ3n) is 3.14. The minimum Gasteiger partial charge on any atom is -0.331 e. The largest absolute Gasteiger partial charge is 0.331 e. The van der Waals surface area contributed by atoms with Gasteiger partial charge in [-0.2, -0.15) is 0 Å². The molecule has 4 N–H and O–H groups in total. The highest BCUT2D eigenvalue weighted by atomic mass is 32.1. The number of nitrogens with one attached hydrogen (secondary N) is 2. The molecule has 1 saturated carbocycles. The van der Waals surface area contributed by atoms with E-state index >= 15 is 0 Å². The Morgan fingerprint density at radius 3 is 2.62 bits per heavy atom. The second kappa shape index (κ2) is 5.27. The lowest BCUT2D eigenvalue weighted by Crippen LogP contribution is -2.34. The molecule has 0 amide bonds. The monoisotopic (exact) mass is 235 g/mol.